The molecule has 2 aromatic carbocycles. The van der Waals surface area contributed by atoms with E-state index in [1.54, 1.807) is 18.2 Å². The van der Waals surface area contributed by atoms with Crippen molar-refractivity contribution in [2.75, 3.05) is 13.7 Å². The van der Waals surface area contributed by atoms with Crippen LogP contribution in [-0.4, -0.2) is 42.7 Å². The van der Waals surface area contributed by atoms with Gasteiger partial charge in [-0.15, -0.1) is 0 Å². The number of hydrogen-bond acceptors (Lipinski definition) is 5. The van der Waals surface area contributed by atoms with E-state index in [4.69, 9.17) is 14.2 Å². The molecular formula is C21H20N2O5. The summed E-state index contributed by atoms with van der Waals surface area (Å²) in [5.74, 6) is 0.149. The molecule has 7 nitrogen and oxygen atoms in total. The number of hydrogen-bond donors (Lipinski definition) is 2. The fourth-order valence-electron chi connectivity index (χ4n) is 3.27. The molecule has 0 unspecified atom stereocenters. The molecule has 2 N–H and O–H groups in total. The Morgan fingerprint density at radius 3 is 2.75 bits per heavy atom. The Hall–Kier alpha value is -3.48. The van der Waals surface area contributed by atoms with Gasteiger partial charge in [0.25, 0.3) is 5.91 Å². The second kappa shape index (κ2) is 7.64. The van der Waals surface area contributed by atoms with E-state index in [1.807, 2.05) is 36.5 Å². The molecule has 7 heteroatoms. The number of amides is 1. The topological polar surface area (TPSA) is 89.7 Å². The Morgan fingerprint density at radius 2 is 1.93 bits per heavy atom. The summed E-state index contributed by atoms with van der Waals surface area (Å²) >= 11 is 0. The fraction of sp³-hybridized carbons (Fsp3) is 0.238. The van der Waals surface area contributed by atoms with Crippen LogP contribution in [-0.2, 0) is 20.7 Å². The van der Waals surface area contributed by atoms with Crippen molar-refractivity contribution in [1.29, 1.82) is 0 Å². The van der Waals surface area contributed by atoms with Crippen molar-refractivity contribution < 1.29 is 23.8 Å². The molecule has 1 aromatic heterocycles. The van der Waals surface area contributed by atoms with Gasteiger partial charge in [0.15, 0.2) is 11.5 Å². The molecule has 1 aliphatic rings. The summed E-state index contributed by atoms with van der Waals surface area (Å²) < 4.78 is 16.2. The third-order valence-electron chi connectivity index (χ3n) is 4.70. The van der Waals surface area contributed by atoms with Gasteiger partial charge in [-0.1, -0.05) is 30.3 Å². The third-order valence-corrected chi connectivity index (χ3v) is 4.70. The maximum atomic E-state index is 12.7. The van der Waals surface area contributed by atoms with Crippen molar-refractivity contribution in [3.05, 3.63) is 60.3 Å². The number of aromatic amines is 1. The second-order valence-electron chi connectivity index (χ2n) is 6.51. The van der Waals surface area contributed by atoms with Gasteiger partial charge in [-0.2, -0.15) is 0 Å². The Morgan fingerprint density at radius 1 is 1.18 bits per heavy atom. The van der Waals surface area contributed by atoms with Crippen LogP contribution in [0.4, 0.5) is 0 Å². The minimum Gasteiger partial charge on any atom is -0.485 e. The smallest absolute Gasteiger partial charge is 0.328 e. The van der Waals surface area contributed by atoms with Gasteiger partial charge in [0.05, 0.1) is 7.11 Å². The van der Waals surface area contributed by atoms with E-state index in [9.17, 15) is 9.59 Å². The Kier molecular flexibility index (Phi) is 4.89. The van der Waals surface area contributed by atoms with Gasteiger partial charge in [0, 0.05) is 23.5 Å². The van der Waals surface area contributed by atoms with Gasteiger partial charge in [0.2, 0.25) is 6.10 Å². The summed E-state index contributed by atoms with van der Waals surface area (Å²) in [4.78, 5) is 28.1. The minimum atomic E-state index is -0.843. The lowest BCUT2D eigenvalue weighted by Gasteiger charge is -2.27. The van der Waals surface area contributed by atoms with E-state index in [-0.39, 0.29) is 6.61 Å². The van der Waals surface area contributed by atoms with Crippen molar-refractivity contribution in [2.24, 2.45) is 0 Å². The number of rotatable bonds is 5. The molecule has 144 valence electrons. The first-order chi connectivity index (χ1) is 13.7. The van der Waals surface area contributed by atoms with Crippen molar-refractivity contribution >= 4 is 22.8 Å². The molecule has 1 amide bonds. The molecule has 1 aliphatic heterocycles. The van der Waals surface area contributed by atoms with Crippen molar-refractivity contribution in [3.8, 4) is 11.5 Å². The molecule has 0 bridgehead atoms. The molecule has 4 rings (SSSR count). The maximum absolute atomic E-state index is 12.7. The van der Waals surface area contributed by atoms with Crippen LogP contribution in [0.25, 0.3) is 10.9 Å². The SMILES string of the molecule is COC(=O)[C@@H](Cc1c[nH]c2ccccc12)NC(=O)[C@@H]1COc2ccccc2O1. The summed E-state index contributed by atoms with van der Waals surface area (Å²) in [5, 5.41) is 3.74. The highest BCUT2D eigenvalue weighted by Crippen LogP contribution is 2.31. The first-order valence-corrected chi connectivity index (χ1v) is 8.97. The lowest BCUT2D eigenvalue weighted by Crippen LogP contribution is -2.51. The number of para-hydroxylation sites is 3. The number of ether oxygens (including phenoxy) is 3. The number of benzene rings is 2. The zero-order valence-electron chi connectivity index (χ0n) is 15.3. The van der Waals surface area contributed by atoms with Gasteiger partial charge in [0.1, 0.15) is 12.6 Å². The summed E-state index contributed by atoms with van der Waals surface area (Å²) in [7, 11) is 1.30. The van der Waals surface area contributed by atoms with Crippen molar-refractivity contribution in [3.63, 3.8) is 0 Å². The molecule has 0 saturated heterocycles. The van der Waals surface area contributed by atoms with Gasteiger partial charge in [-0.05, 0) is 23.8 Å². The molecule has 28 heavy (non-hydrogen) atoms. The molecular weight excluding hydrogens is 360 g/mol. The van der Waals surface area contributed by atoms with Crippen LogP contribution in [0.15, 0.2) is 54.7 Å². The number of H-pyrrole nitrogens is 1. The highest BCUT2D eigenvalue weighted by atomic mass is 16.6. The number of carbonyl (C=O) groups is 2. The number of esters is 1. The predicted octanol–water partition coefficient (Wildman–Crippen LogP) is 2.21. The van der Waals surface area contributed by atoms with Crippen molar-refractivity contribution in [2.45, 2.75) is 18.6 Å². The Bertz CT molecular complexity index is 1010. The van der Waals surface area contributed by atoms with E-state index in [1.165, 1.54) is 7.11 Å². The lowest BCUT2D eigenvalue weighted by molar-refractivity contribution is -0.146. The van der Waals surface area contributed by atoms with Crippen LogP contribution in [0.3, 0.4) is 0 Å². The first kappa shape index (κ1) is 17.9. The molecule has 3 aromatic rings. The normalized spacial score (nSPS) is 16.4. The van der Waals surface area contributed by atoms with Crippen molar-refractivity contribution in [1.82, 2.24) is 10.3 Å². The van der Waals surface area contributed by atoms with Crippen LogP contribution >= 0.6 is 0 Å². The highest BCUT2D eigenvalue weighted by molar-refractivity contribution is 5.89. The molecule has 0 spiro atoms. The first-order valence-electron chi connectivity index (χ1n) is 8.97. The molecule has 0 aliphatic carbocycles. The summed E-state index contributed by atoms with van der Waals surface area (Å²) in [6.45, 7) is 0.0732. The van der Waals surface area contributed by atoms with Gasteiger partial charge in [-0.25, -0.2) is 4.79 Å². The third kappa shape index (κ3) is 3.51. The van der Waals surface area contributed by atoms with Crippen LogP contribution in [0.1, 0.15) is 5.56 Å². The zero-order valence-corrected chi connectivity index (χ0v) is 15.3. The quantitative estimate of drug-likeness (QED) is 0.663. The number of aromatic nitrogens is 1. The summed E-state index contributed by atoms with van der Waals surface area (Å²) in [5.41, 5.74) is 1.88. The average molecular weight is 380 g/mol. The highest BCUT2D eigenvalue weighted by Gasteiger charge is 2.31. The van der Waals surface area contributed by atoms with Crippen LogP contribution in [0.5, 0.6) is 11.5 Å². The van der Waals surface area contributed by atoms with E-state index >= 15 is 0 Å². The Labute approximate surface area is 161 Å². The van der Waals surface area contributed by atoms with Crippen LogP contribution in [0, 0.1) is 0 Å². The summed E-state index contributed by atoms with van der Waals surface area (Å²) in [6, 6.07) is 14.1. The average Bonchev–Trinajstić information content (AvgIpc) is 3.15. The molecule has 2 heterocycles. The molecule has 0 fully saturated rings. The molecule has 2 atom stereocenters. The fourth-order valence-corrected chi connectivity index (χ4v) is 3.27. The molecule has 0 saturated carbocycles. The van der Waals surface area contributed by atoms with Gasteiger partial charge < -0.3 is 24.5 Å². The largest absolute Gasteiger partial charge is 0.485 e. The maximum Gasteiger partial charge on any atom is 0.328 e. The van der Waals surface area contributed by atoms with Crippen LogP contribution < -0.4 is 14.8 Å². The van der Waals surface area contributed by atoms with E-state index in [0.29, 0.717) is 17.9 Å². The monoisotopic (exact) mass is 380 g/mol. The van der Waals surface area contributed by atoms with E-state index in [2.05, 4.69) is 10.3 Å². The van der Waals surface area contributed by atoms with Gasteiger partial charge >= 0.3 is 5.97 Å². The molecule has 0 radical (unpaired) electrons. The number of nitrogens with one attached hydrogen (secondary N) is 2. The zero-order chi connectivity index (χ0) is 19.5. The number of fused-ring (bicyclic) bond motifs is 2. The minimum absolute atomic E-state index is 0.0732. The van der Waals surface area contributed by atoms with E-state index < -0.39 is 24.0 Å². The number of carbonyl (C=O) groups excluding carboxylic acids is 2. The van der Waals surface area contributed by atoms with E-state index in [0.717, 1.165) is 16.5 Å². The summed E-state index contributed by atoms with van der Waals surface area (Å²) in [6.07, 6.45) is 1.29. The standard InChI is InChI=1S/C21H20N2O5/c1-26-21(25)16(10-13-11-22-15-7-3-2-6-14(13)15)23-20(24)19-12-27-17-8-4-5-9-18(17)28-19/h2-9,11,16,19,22H,10,12H2,1H3,(H,23,24)/t16-,19+/m1/s1. The second-order valence-corrected chi connectivity index (χ2v) is 6.51. The lowest BCUT2D eigenvalue weighted by atomic mass is 10.0. The predicted molar refractivity (Wildman–Crippen MR) is 102 cm³/mol. The Balaban J connectivity index is 1.49. The van der Waals surface area contributed by atoms with Gasteiger partial charge in [-0.3, -0.25) is 4.79 Å². The van der Waals surface area contributed by atoms with Crippen LogP contribution in [0.2, 0.25) is 0 Å². The number of methoxy groups -OCH3 is 1.